The molecule has 0 radical (unpaired) electrons. The maximum atomic E-state index is 12.7. The molecule has 5 heteroatoms. The molecule has 20 heavy (non-hydrogen) atoms. The number of nitrogens with one attached hydrogen (secondary N) is 1. The standard InChI is InChI=1S/C15H20FNO3/c16-13-4-1-12(2-5-13)3-6-14(18)17-11-15(19)7-9-20-10-8-15/h1-2,4-5,19H,3,6-11H2,(H,17,18). The number of ether oxygens (including phenoxy) is 1. The molecule has 1 amide bonds. The van der Waals surface area contributed by atoms with Gasteiger partial charge in [0.25, 0.3) is 0 Å². The molecule has 2 rings (SSSR count). The largest absolute Gasteiger partial charge is 0.388 e. The van der Waals surface area contributed by atoms with Crippen LogP contribution >= 0.6 is 0 Å². The molecule has 0 atom stereocenters. The van der Waals surface area contributed by atoms with Crippen LogP contribution in [0.2, 0.25) is 0 Å². The van der Waals surface area contributed by atoms with E-state index in [9.17, 15) is 14.3 Å². The van der Waals surface area contributed by atoms with Gasteiger partial charge in [-0.15, -0.1) is 0 Å². The summed E-state index contributed by atoms with van der Waals surface area (Å²) in [7, 11) is 0. The van der Waals surface area contributed by atoms with Gasteiger partial charge in [-0.3, -0.25) is 4.79 Å². The van der Waals surface area contributed by atoms with E-state index in [0.717, 1.165) is 5.56 Å². The van der Waals surface area contributed by atoms with Crippen LogP contribution in [-0.4, -0.2) is 36.4 Å². The normalized spacial score (nSPS) is 17.7. The predicted molar refractivity (Wildman–Crippen MR) is 72.7 cm³/mol. The van der Waals surface area contributed by atoms with Crippen molar-refractivity contribution in [3.63, 3.8) is 0 Å². The quantitative estimate of drug-likeness (QED) is 0.858. The number of aliphatic hydroxyl groups is 1. The van der Waals surface area contributed by atoms with Gasteiger partial charge in [-0.2, -0.15) is 0 Å². The van der Waals surface area contributed by atoms with Crippen LogP contribution in [0.3, 0.4) is 0 Å². The van der Waals surface area contributed by atoms with Gasteiger partial charge in [0.2, 0.25) is 5.91 Å². The topological polar surface area (TPSA) is 58.6 Å². The van der Waals surface area contributed by atoms with Crippen molar-refractivity contribution in [3.05, 3.63) is 35.6 Å². The predicted octanol–water partition coefficient (Wildman–Crippen LogP) is 1.42. The molecule has 1 heterocycles. The van der Waals surface area contributed by atoms with Crippen molar-refractivity contribution in [1.82, 2.24) is 5.32 Å². The number of hydrogen-bond acceptors (Lipinski definition) is 3. The van der Waals surface area contributed by atoms with Crippen molar-refractivity contribution < 1.29 is 19.0 Å². The molecule has 1 aliphatic heterocycles. The minimum absolute atomic E-state index is 0.103. The van der Waals surface area contributed by atoms with Crippen molar-refractivity contribution in [2.45, 2.75) is 31.3 Å². The first-order chi connectivity index (χ1) is 9.57. The summed E-state index contributed by atoms with van der Waals surface area (Å²) < 4.78 is 17.9. The van der Waals surface area contributed by atoms with Crippen molar-refractivity contribution in [2.24, 2.45) is 0 Å². The number of rotatable bonds is 5. The van der Waals surface area contributed by atoms with Crippen molar-refractivity contribution in [2.75, 3.05) is 19.8 Å². The molecule has 0 aliphatic carbocycles. The maximum Gasteiger partial charge on any atom is 0.220 e. The number of aryl methyl sites for hydroxylation is 1. The summed E-state index contributed by atoms with van der Waals surface area (Å²) in [6, 6.07) is 6.12. The van der Waals surface area contributed by atoms with E-state index >= 15 is 0 Å². The third-order valence-corrected chi connectivity index (χ3v) is 3.59. The van der Waals surface area contributed by atoms with E-state index in [2.05, 4.69) is 5.32 Å². The smallest absolute Gasteiger partial charge is 0.220 e. The number of halogens is 1. The Kier molecular flexibility index (Phi) is 5.09. The second kappa shape index (κ2) is 6.81. The minimum Gasteiger partial charge on any atom is -0.388 e. The highest BCUT2D eigenvalue weighted by atomic mass is 19.1. The lowest BCUT2D eigenvalue weighted by Crippen LogP contribution is -2.46. The highest BCUT2D eigenvalue weighted by molar-refractivity contribution is 5.76. The Hall–Kier alpha value is -1.46. The Morgan fingerprint density at radius 2 is 1.95 bits per heavy atom. The fraction of sp³-hybridized carbons (Fsp3) is 0.533. The van der Waals surface area contributed by atoms with Gasteiger partial charge in [-0.1, -0.05) is 12.1 Å². The van der Waals surface area contributed by atoms with E-state index in [0.29, 0.717) is 38.9 Å². The zero-order valence-electron chi connectivity index (χ0n) is 11.4. The minimum atomic E-state index is -0.843. The third kappa shape index (κ3) is 4.58. The summed E-state index contributed by atoms with van der Waals surface area (Å²) >= 11 is 0. The third-order valence-electron chi connectivity index (χ3n) is 3.59. The van der Waals surface area contributed by atoms with Crippen LogP contribution < -0.4 is 5.32 Å². The second-order valence-electron chi connectivity index (χ2n) is 5.24. The van der Waals surface area contributed by atoms with E-state index in [4.69, 9.17) is 4.74 Å². The fourth-order valence-electron chi connectivity index (χ4n) is 2.19. The van der Waals surface area contributed by atoms with Gasteiger partial charge in [0.15, 0.2) is 0 Å². The second-order valence-corrected chi connectivity index (χ2v) is 5.24. The molecule has 1 aromatic rings. The van der Waals surface area contributed by atoms with E-state index in [1.165, 1.54) is 12.1 Å². The van der Waals surface area contributed by atoms with Crippen molar-refractivity contribution >= 4 is 5.91 Å². The number of hydrogen-bond donors (Lipinski definition) is 2. The lowest BCUT2D eigenvalue weighted by Gasteiger charge is -2.32. The zero-order chi connectivity index (χ0) is 14.4. The molecule has 4 nitrogen and oxygen atoms in total. The molecular weight excluding hydrogens is 261 g/mol. The summed E-state index contributed by atoms with van der Waals surface area (Å²) in [6.45, 7) is 1.32. The number of carbonyl (C=O) groups is 1. The maximum absolute atomic E-state index is 12.7. The van der Waals surface area contributed by atoms with Gasteiger partial charge in [-0.25, -0.2) is 4.39 Å². The van der Waals surface area contributed by atoms with Crippen LogP contribution in [0.4, 0.5) is 4.39 Å². The first-order valence-corrected chi connectivity index (χ1v) is 6.89. The SMILES string of the molecule is O=C(CCc1ccc(F)cc1)NCC1(O)CCOCC1. The average Bonchev–Trinajstić information content (AvgIpc) is 2.45. The fourth-order valence-corrected chi connectivity index (χ4v) is 2.19. The Bertz CT molecular complexity index is 441. The molecule has 0 bridgehead atoms. The van der Waals surface area contributed by atoms with Gasteiger partial charge in [0.1, 0.15) is 5.82 Å². The van der Waals surface area contributed by atoms with Gasteiger partial charge >= 0.3 is 0 Å². The van der Waals surface area contributed by atoms with Gasteiger partial charge in [0, 0.05) is 39.0 Å². The molecule has 1 aromatic carbocycles. The van der Waals surface area contributed by atoms with Gasteiger partial charge in [-0.05, 0) is 24.1 Å². The van der Waals surface area contributed by atoms with Crippen molar-refractivity contribution in [3.8, 4) is 0 Å². The average molecular weight is 281 g/mol. The Balaban J connectivity index is 1.71. The summed E-state index contributed by atoms with van der Waals surface area (Å²) in [5.74, 6) is -0.380. The Morgan fingerprint density at radius 1 is 1.30 bits per heavy atom. The van der Waals surface area contributed by atoms with Crippen LogP contribution in [0.15, 0.2) is 24.3 Å². The summed E-state index contributed by atoms with van der Waals surface area (Å²) in [6.07, 6.45) is 1.99. The number of amides is 1. The first-order valence-electron chi connectivity index (χ1n) is 6.89. The summed E-state index contributed by atoms with van der Waals surface area (Å²) in [4.78, 5) is 11.7. The van der Waals surface area contributed by atoms with E-state index in [1.54, 1.807) is 12.1 Å². The molecule has 0 spiro atoms. The van der Waals surface area contributed by atoms with Crippen molar-refractivity contribution in [1.29, 1.82) is 0 Å². The molecule has 110 valence electrons. The monoisotopic (exact) mass is 281 g/mol. The van der Waals surface area contributed by atoms with Crippen LogP contribution in [0.1, 0.15) is 24.8 Å². The molecule has 1 fully saturated rings. The van der Waals surface area contributed by atoms with E-state index < -0.39 is 5.60 Å². The Labute approximate surface area is 117 Å². The summed E-state index contributed by atoms with van der Waals surface area (Å²) in [5.41, 5.74) is 0.0791. The highest BCUT2D eigenvalue weighted by Gasteiger charge is 2.29. The van der Waals surface area contributed by atoms with Gasteiger partial charge < -0.3 is 15.2 Å². The zero-order valence-corrected chi connectivity index (χ0v) is 11.4. The summed E-state index contributed by atoms with van der Waals surface area (Å²) in [5, 5.41) is 13.0. The van der Waals surface area contributed by atoms with E-state index in [-0.39, 0.29) is 18.3 Å². The van der Waals surface area contributed by atoms with Crippen LogP contribution in [0.25, 0.3) is 0 Å². The molecule has 1 aliphatic rings. The first kappa shape index (κ1) is 14.9. The molecule has 0 unspecified atom stereocenters. The molecule has 0 saturated carbocycles. The lowest BCUT2D eigenvalue weighted by molar-refractivity contribution is -0.123. The Morgan fingerprint density at radius 3 is 2.60 bits per heavy atom. The van der Waals surface area contributed by atoms with Crippen LogP contribution in [0.5, 0.6) is 0 Å². The molecule has 1 saturated heterocycles. The number of benzene rings is 1. The highest BCUT2D eigenvalue weighted by Crippen LogP contribution is 2.19. The van der Waals surface area contributed by atoms with Crippen LogP contribution in [-0.2, 0) is 16.0 Å². The lowest BCUT2D eigenvalue weighted by atomic mass is 9.94. The van der Waals surface area contributed by atoms with E-state index in [1.807, 2.05) is 0 Å². The molecule has 2 N–H and O–H groups in total. The molecule has 0 aromatic heterocycles. The van der Waals surface area contributed by atoms with Gasteiger partial charge in [0.05, 0.1) is 5.60 Å². The number of carbonyl (C=O) groups excluding carboxylic acids is 1. The van der Waals surface area contributed by atoms with Crippen LogP contribution in [0, 0.1) is 5.82 Å². The molecular formula is C15H20FNO3.